The summed E-state index contributed by atoms with van der Waals surface area (Å²) in [4.78, 5) is 35.6. The van der Waals surface area contributed by atoms with Crippen molar-refractivity contribution in [2.75, 3.05) is 17.7 Å². The normalized spacial score (nSPS) is 15.2. The average Bonchev–Trinajstić information content (AvgIpc) is 2.94. The summed E-state index contributed by atoms with van der Waals surface area (Å²) in [6, 6.07) is 7.72. The summed E-state index contributed by atoms with van der Waals surface area (Å²) in [6.45, 7) is 1.26. The minimum Gasteiger partial charge on any atom is -0.457 e. The molecule has 1 heterocycles. The summed E-state index contributed by atoms with van der Waals surface area (Å²) < 4.78 is 31.5. The van der Waals surface area contributed by atoms with Crippen LogP contribution in [0.2, 0.25) is 0 Å². The van der Waals surface area contributed by atoms with E-state index in [4.69, 9.17) is 4.74 Å². The highest BCUT2D eigenvalue weighted by atomic mass is 32.2. The summed E-state index contributed by atoms with van der Waals surface area (Å²) in [5.74, 6) is -3.13. The fourth-order valence-electron chi connectivity index (χ4n) is 2.59. The number of ether oxygens (including phenoxy) is 1. The molecule has 0 aromatic heterocycles. The van der Waals surface area contributed by atoms with Gasteiger partial charge >= 0.3 is 5.97 Å². The van der Waals surface area contributed by atoms with Crippen molar-refractivity contribution in [1.82, 2.24) is 0 Å². The molecular formula is C19H15F2NO4S. The molecule has 1 aliphatic heterocycles. The highest BCUT2D eigenvalue weighted by Gasteiger charge is 2.27. The number of esters is 1. The van der Waals surface area contributed by atoms with Crippen molar-refractivity contribution < 1.29 is 27.9 Å². The number of carbonyl (C=O) groups excluding carboxylic acids is 3. The first-order chi connectivity index (χ1) is 12.8. The zero-order valence-electron chi connectivity index (χ0n) is 14.3. The van der Waals surface area contributed by atoms with Crippen molar-refractivity contribution in [2.45, 2.75) is 17.7 Å². The van der Waals surface area contributed by atoms with Gasteiger partial charge in [0.25, 0.3) is 0 Å². The Bertz CT molecular complexity index is 932. The molecule has 0 fully saturated rings. The van der Waals surface area contributed by atoms with Gasteiger partial charge in [-0.05, 0) is 48.9 Å². The third kappa shape index (κ3) is 4.33. The SMILES string of the molecule is C[C@@H]1C(=O)Nc2ccc(C(=O)COC(=O)CSc3cc(F)ccc3F)cc21. The standard InChI is InChI=1S/C19H15F2NO4S/c1-10-13-6-11(2-5-15(13)22-19(10)25)16(23)8-26-18(24)9-27-17-7-12(20)3-4-14(17)21/h2-7,10H,8-9H2,1H3,(H,22,25)/t10-/m0/s1. The monoisotopic (exact) mass is 391 g/mol. The van der Waals surface area contributed by atoms with Crippen LogP contribution in [0.25, 0.3) is 0 Å². The molecule has 0 radical (unpaired) electrons. The topological polar surface area (TPSA) is 72.5 Å². The smallest absolute Gasteiger partial charge is 0.316 e. The van der Waals surface area contributed by atoms with Crippen LogP contribution in [0.5, 0.6) is 0 Å². The predicted octanol–water partition coefficient (Wildman–Crippen LogP) is 3.54. The van der Waals surface area contributed by atoms with Crippen LogP contribution in [0, 0.1) is 11.6 Å². The van der Waals surface area contributed by atoms with E-state index < -0.39 is 30.0 Å². The Morgan fingerprint density at radius 3 is 2.74 bits per heavy atom. The van der Waals surface area contributed by atoms with Crippen LogP contribution in [-0.2, 0) is 14.3 Å². The van der Waals surface area contributed by atoms with Gasteiger partial charge in [0.1, 0.15) is 11.6 Å². The van der Waals surface area contributed by atoms with Crippen molar-refractivity contribution in [3.05, 3.63) is 59.2 Å². The number of carbonyl (C=O) groups is 3. The van der Waals surface area contributed by atoms with Gasteiger partial charge in [0, 0.05) is 16.1 Å². The summed E-state index contributed by atoms with van der Waals surface area (Å²) in [5, 5.41) is 2.71. The Morgan fingerprint density at radius 2 is 1.96 bits per heavy atom. The van der Waals surface area contributed by atoms with E-state index in [1.54, 1.807) is 25.1 Å². The maximum atomic E-state index is 13.5. The van der Waals surface area contributed by atoms with E-state index in [0.29, 0.717) is 16.8 Å². The van der Waals surface area contributed by atoms with Gasteiger partial charge in [-0.15, -0.1) is 11.8 Å². The van der Waals surface area contributed by atoms with Crippen LogP contribution in [0.3, 0.4) is 0 Å². The molecule has 0 saturated heterocycles. The molecular weight excluding hydrogens is 376 g/mol. The number of nitrogens with one attached hydrogen (secondary N) is 1. The van der Waals surface area contributed by atoms with Crippen LogP contribution >= 0.6 is 11.8 Å². The Hall–Kier alpha value is -2.74. The molecule has 27 heavy (non-hydrogen) atoms. The molecule has 2 aromatic rings. The first-order valence-electron chi connectivity index (χ1n) is 8.06. The lowest BCUT2D eigenvalue weighted by Crippen LogP contribution is -2.15. The molecule has 1 atom stereocenters. The highest BCUT2D eigenvalue weighted by molar-refractivity contribution is 8.00. The second kappa shape index (κ2) is 7.87. The second-order valence-corrected chi connectivity index (χ2v) is 6.98. The molecule has 1 N–H and O–H groups in total. The molecule has 3 rings (SSSR count). The molecule has 1 aliphatic rings. The van der Waals surface area contributed by atoms with Gasteiger partial charge in [0.2, 0.25) is 5.91 Å². The lowest BCUT2D eigenvalue weighted by molar-refractivity contribution is -0.139. The Kier molecular flexibility index (Phi) is 5.55. The van der Waals surface area contributed by atoms with Crippen molar-refractivity contribution in [3.8, 4) is 0 Å². The lowest BCUT2D eigenvalue weighted by atomic mass is 9.99. The third-order valence-electron chi connectivity index (χ3n) is 4.09. The van der Waals surface area contributed by atoms with E-state index in [1.165, 1.54) is 0 Å². The summed E-state index contributed by atoms with van der Waals surface area (Å²) in [7, 11) is 0. The number of ketones is 1. The van der Waals surface area contributed by atoms with Crippen molar-refractivity contribution >= 4 is 35.1 Å². The highest BCUT2D eigenvalue weighted by Crippen LogP contribution is 2.32. The van der Waals surface area contributed by atoms with Crippen LogP contribution in [0.4, 0.5) is 14.5 Å². The first kappa shape index (κ1) is 19.0. The van der Waals surface area contributed by atoms with Crippen molar-refractivity contribution in [1.29, 1.82) is 0 Å². The first-order valence-corrected chi connectivity index (χ1v) is 9.05. The van der Waals surface area contributed by atoms with Crippen molar-refractivity contribution in [2.24, 2.45) is 0 Å². The maximum Gasteiger partial charge on any atom is 0.316 e. The number of fused-ring (bicyclic) bond motifs is 1. The fourth-order valence-corrected chi connectivity index (χ4v) is 3.34. The molecule has 140 valence electrons. The third-order valence-corrected chi connectivity index (χ3v) is 5.10. The van der Waals surface area contributed by atoms with Gasteiger partial charge < -0.3 is 10.1 Å². The molecule has 1 amide bonds. The number of anilines is 1. The van der Waals surface area contributed by atoms with E-state index >= 15 is 0 Å². The van der Waals surface area contributed by atoms with E-state index in [0.717, 1.165) is 30.0 Å². The van der Waals surface area contributed by atoms with Gasteiger partial charge in [0.15, 0.2) is 12.4 Å². The number of rotatable bonds is 6. The van der Waals surface area contributed by atoms with Gasteiger partial charge in [-0.25, -0.2) is 8.78 Å². The van der Waals surface area contributed by atoms with Gasteiger partial charge in [-0.2, -0.15) is 0 Å². The van der Waals surface area contributed by atoms with Crippen LogP contribution in [0.15, 0.2) is 41.3 Å². The number of halogens is 2. The predicted molar refractivity (Wildman–Crippen MR) is 95.9 cm³/mol. The quantitative estimate of drug-likeness (QED) is 0.463. The number of hydrogen-bond acceptors (Lipinski definition) is 5. The Balaban J connectivity index is 1.54. The summed E-state index contributed by atoms with van der Waals surface area (Å²) in [5.41, 5.74) is 1.71. The molecule has 0 unspecified atom stereocenters. The number of Topliss-reactive ketones (excluding diaryl/α,β-unsaturated/α-hetero) is 1. The summed E-state index contributed by atoms with van der Waals surface area (Å²) in [6.07, 6.45) is 0. The van der Waals surface area contributed by atoms with Gasteiger partial charge in [-0.3, -0.25) is 14.4 Å². The van der Waals surface area contributed by atoms with Gasteiger partial charge in [-0.1, -0.05) is 0 Å². The minimum atomic E-state index is -0.719. The van der Waals surface area contributed by atoms with E-state index in [1.807, 2.05) is 0 Å². The van der Waals surface area contributed by atoms with E-state index in [2.05, 4.69) is 5.32 Å². The molecule has 2 aromatic carbocycles. The Labute approximate surface area is 158 Å². The number of thioether (sulfide) groups is 1. The van der Waals surface area contributed by atoms with Crippen molar-refractivity contribution in [3.63, 3.8) is 0 Å². The van der Waals surface area contributed by atoms with Crippen LogP contribution in [0.1, 0.15) is 28.8 Å². The molecule has 0 spiro atoms. The fraction of sp³-hybridized carbons (Fsp3) is 0.211. The Morgan fingerprint density at radius 1 is 1.19 bits per heavy atom. The molecule has 5 nitrogen and oxygen atoms in total. The van der Waals surface area contributed by atoms with Crippen LogP contribution in [-0.4, -0.2) is 30.0 Å². The van der Waals surface area contributed by atoms with Gasteiger partial charge in [0.05, 0.1) is 11.7 Å². The molecule has 0 saturated carbocycles. The zero-order chi connectivity index (χ0) is 19.6. The lowest BCUT2D eigenvalue weighted by Gasteiger charge is -2.07. The number of benzene rings is 2. The largest absolute Gasteiger partial charge is 0.457 e. The minimum absolute atomic E-state index is 0.0111. The zero-order valence-corrected chi connectivity index (χ0v) is 15.1. The maximum absolute atomic E-state index is 13.5. The van der Waals surface area contributed by atoms with E-state index in [-0.39, 0.29) is 22.5 Å². The average molecular weight is 391 g/mol. The summed E-state index contributed by atoms with van der Waals surface area (Å²) >= 11 is 0.787. The van der Waals surface area contributed by atoms with E-state index in [9.17, 15) is 23.2 Å². The molecule has 8 heteroatoms. The number of hydrogen-bond donors (Lipinski definition) is 1. The molecule has 0 bridgehead atoms. The van der Waals surface area contributed by atoms with Crippen LogP contribution < -0.4 is 5.32 Å². The second-order valence-electron chi connectivity index (χ2n) is 5.96. The molecule has 0 aliphatic carbocycles. The number of amides is 1.